The summed E-state index contributed by atoms with van der Waals surface area (Å²) in [7, 11) is 0. The molecular formula is C47H91NO5. The largest absolute Gasteiger partial charge is 0.466 e. The van der Waals surface area contributed by atoms with Crippen LogP contribution in [-0.4, -0.2) is 47.4 Å². The smallest absolute Gasteiger partial charge is 0.305 e. The third-order valence-electron chi connectivity index (χ3n) is 10.8. The molecule has 0 aliphatic carbocycles. The maximum absolute atomic E-state index is 12.4. The summed E-state index contributed by atoms with van der Waals surface area (Å²) >= 11 is 0. The summed E-state index contributed by atoms with van der Waals surface area (Å²) in [5.41, 5.74) is 0. The summed E-state index contributed by atoms with van der Waals surface area (Å²) < 4.78 is 5.42. The lowest BCUT2D eigenvalue weighted by atomic mass is 10.0. The Morgan fingerprint density at radius 1 is 0.509 bits per heavy atom. The lowest BCUT2D eigenvalue weighted by Crippen LogP contribution is -2.45. The molecule has 0 radical (unpaired) electrons. The number of carbonyl (C=O) groups is 2. The van der Waals surface area contributed by atoms with Crippen molar-refractivity contribution in [3.8, 4) is 0 Å². The van der Waals surface area contributed by atoms with Gasteiger partial charge >= 0.3 is 5.97 Å². The van der Waals surface area contributed by atoms with E-state index in [2.05, 4.69) is 31.3 Å². The van der Waals surface area contributed by atoms with E-state index in [1.54, 1.807) is 0 Å². The van der Waals surface area contributed by atoms with Gasteiger partial charge in [0.25, 0.3) is 0 Å². The number of carbonyl (C=O) groups excluding carboxylic acids is 2. The molecule has 0 aliphatic rings. The molecule has 0 rings (SSSR count). The fourth-order valence-corrected chi connectivity index (χ4v) is 7.16. The molecule has 0 heterocycles. The first-order valence-corrected chi connectivity index (χ1v) is 23.4. The number of hydrogen-bond donors (Lipinski definition) is 3. The molecule has 0 aromatic heterocycles. The number of rotatable bonds is 43. The number of unbranched alkanes of at least 4 members (excludes halogenated alkanes) is 30. The Kier molecular flexibility index (Phi) is 42.2. The van der Waals surface area contributed by atoms with Gasteiger partial charge in [-0.05, 0) is 51.4 Å². The van der Waals surface area contributed by atoms with E-state index in [9.17, 15) is 19.8 Å². The number of amides is 1. The van der Waals surface area contributed by atoms with Gasteiger partial charge in [-0.3, -0.25) is 9.59 Å². The molecule has 0 saturated carbocycles. The van der Waals surface area contributed by atoms with Crippen LogP contribution < -0.4 is 5.32 Å². The average Bonchev–Trinajstić information content (AvgIpc) is 3.16. The van der Waals surface area contributed by atoms with Crippen molar-refractivity contribution in [3.05, 3.63) is 12.2 Å². The second-order valence-electron chi connectivity index (χ2n) is 16.1. The fraction of sp³-hybridized carbons (Fsp3) is 0.915. The standard InChI is InChI=1S/C47H91NO5/c1-3-5-7-9-11-13-15-17-18-19-20-23-27-31-35-39-45(50)44(43-49)48-46(51)40-36-32-28-24-22-26-30-34-38-42-53-47(52)41-37-33-29-25-21-16-14-12-10-8-6-4-2/h12,14,44-45,49-50H,3-11,13,15-43H2,1-2H3,(H,48,51)/b14-12-. The monoisotopic (exact) mass is 750 g/mol. The highest BCUT2D eigenvalue weighted by molar-refractivity contribution is 5.76. The second-order valence-corrected chi connectivity index (χ2v) is 16.1. The van der Waals surface area contributed by atoms with Crippen LogP contribution in [0.15, 0.2) is 12.2 Å². The number of ether oxygens (including phenoxy) is 1. The lowest BCUT2D eigenvalue weighted by Gasteiger charge is -2.22. The van der Waals surface area contributed by atoms with E-state index in [0.29, 0.717) is 25.9 Å². The van der Waals surface area contributed by atoms with Gasteiger partial charge in [0.05, 0.1) is 25.4 Å². The van der Waals surface area contributed by atoms with Gasteiger partial charge in [0.1, 0.15) is 0 Å². The summed E-state index contributed by atoms with van der Waals surface area (Å²) in [6, 6.07) is -0.560. The number of nitrogens with one attached hydrogen (secondary N) is 1. The number of hydrogen-bond acceptors (Lipinski definition) is 5. The normalized spacial score (nSPS) is 12.8. The molecular weight excluding hydrogens is 659 g/mol. The molecule has 0 saturated heterocycles. The molecule has 0 aromatic carbocycles. The van der Waals surface area contributed by atoms with Crippen LogP contribution >= 0.6 is 0 Å². The van der Waals surface area contributed by atoms with Crippen molar-refractivity contribution in [1.29, 1.82) is 0 Å². The van der Waals surface area contributed by atoms with E-state index >= 15 is 0 Å². The van der Waals surface area contributed by atoms with Gasteiger partial charge in [-0.25, -0.2) is 0 Å². The van der Waals surface area contributed by atoms with Crippen LogP contribution in [0.3, 0.4) is 0 Å². The molecule has 6 heteroatoms. The highest BCUT2D eigenvalue weighted by Crippen LogP contribution is 2.16. The molecule has 314 valence electrons. The summed E-state index contributed by atoms with van der Waals surface area (Å²) in [4.78, 5) is 24.4. The van der Waals surface area contributed by atoms with E-state index in [0.717, 1.165) is 57.8 Å². The number of aliphatic hydroxyl groups excluding tert-OH is 2. The van der Waals surface area contributed by atoms with Crippen LogP contribution in [-0.2, 0) is 14.3 Å². The van der Waals surface area contributed by atoms with E-state index in [1.807, 2.05) is 0 Å². The van der Waals surface area contributed by atoms with Crippen LogP contribution in [0.5, 0.6) is 0 Å². The maximum atomic E-state index is 12.4. The molecule has 0 spiro atoms. The number of aliphatic hydroxyl groups is 2. The zero-order valence-electron chi connectivity index (χ0n) is 35.5. The molecule has 53 heavy (non-hydrogen) atoms. The number of esters is 1. The highest BCUT2D eigenvalue weighted by atomic mass is 16.5. The number of allylic oxidation sites excluding steroid dienone is 2. The second kappa shape index (κ2) is 43.3. The highest BCUT2D eigenvalue weighted by Gasteiger charge is 2.20. The maximum Gasteiger partial charge on any atom is 0.305 e. The van der Waals surface area contributed by atoms with Crippen molar-refractivity contribution in [2.45, 2.75) is 264 Å². The molecule has 1 amide bonds. The van der Waals surface area contributed by atoms with E-state index in [-0.39, 0.29) is 18.5 Å². The van der Waals surface area contributed by atoms with Crippen LogP contribution in [0.25, 0.3) is 0 Å². The minimum atomic E-state index is -0.680. The topological polar surface area (TPSA) is 95.9 Å². The van der Waals surface area contributed by atoms with Crippen molar-refractivity contribution < 1.29 is 24.5 Å². The Balaban J connectivity index is 3.51. The minimum absolute atomic E-state index is 0.0350. The minimum Gasteiger partial charge on any atom is -0.466 e. The van der Waals surface area contributed by atoms with Crippen molar-refractivity contribution in [3.63, 3.8) is 0 Å². The van der Waals surface area contributed by atoms with Crippen LogP contribution in [0, 0.1) is 0 Å². The van der Waals surface area contributed by atoms with E-state index in [4.69, 9.17) is 4.74 Å². The quantitative estimate of drug-likeness (QED) is 0.0328. The first-order chi connectivity index (χ1) is 26.0. The van der Waals surface area contributed by atoms with Gasteiger partial charge in [-0.2, -0.15) is 0 Å². The Labute approximate surface area is 329 Å². The lowest BCUT2D eigenvalue weighted by molar-refractivity contribution is -0.143. The molecule has 2 atom stereocenters. The third kappa shape index (κ3) is 40.1. The van der Waals surface area contributed by atoms with Gasteiger partial charge in [0.15, 0.2) is 0 Å². The summed E-state index contributed by atoms with van der Waals surface area (Å²) in [6.07, 6.45) is 47.3. The molecule has 0 aliphatic heterocycles. The zero-order chi connectivity index (χ0) is 38.7. The molecule has 0 fully saturated rings. The SMILES string of the molecule is CCCCC/C=C\CCCCCCCC(=O)OCCCCCCCCCCCC(=O)NC(CO)C(O)CCCCCCCCCCCCCCCCC. The van der Waals surface area contributed by atoms with Gasteiger partial charge < -0.3 is 20.3 Å². The predicted octanol–water partition coefficient (Wildman–Crippen LogP) is 13.4. The van der Waals surface area contributed by atoms with Gasteiger partial charge in [0.2, 0.25) is 5.91 Å². The molecule has 0 aromatic rings. The van der Waals surface area contributed by atoms with Crippen molar-refractivity contribution >= 4 is 11.9 Å². The summed E-state index contributed by atoms with van der Waals surface area (Å²) in [5.74, 6) is -0.0978. The predicted molar refractivity (Wildman–Crippen MR) is 227 cm³/mol. The summed E-state index contributed by atoms with van der Waals surface area (Å²) in [6.45, 7) is 4.86. The van der Waals surface area contributed by atoms with E-state index in [1.165, 1.54) is 161 Å². The Morgan fingerprint density at radius 3 is 1.38 bits per heavy atom. The Hall–Kier alpha value is -1.40. The average molecular weight is 750 g/mol. The Bertz CT molecular complexity index is 787. The van der Waals surface area contributed by atoms with Gasteiger partial charge in [-0.15, -0.1) is 0 Å². The van der Waals surface area contributed by atoms with Gasteiger partial charge in [0, 0.05) is 12.8 Å². The third-order valence-corrected chi connectivity index (χ3v) is 10.8. The Morgan fingerprint density at radius 2 is 0.887 bits per heavy atom. The van der Waals surface area contributed by atoms with Crippen molar-refractivity contribution in [2.24, 2.45) is 0 Å². The van der Waals surface area contributed by atoms with Crippen LogP contribution in [0.2, 0.25) is 0 Å². The van der Waals surface area contributed by atoms with Crippen molar-refractivity contribution in [1.82, 2.24) is 5.32 Å². The first kappa shape index (κ1) is 51.6. The zero-order valence-corrected chi connectivity index (χ0v) is 35.5. The van der Waals surface area contributed by atoms with E-state index < -0.39 is 12.1 Å². The fourth-order valence-electron chi connectivity index (χ4n) is 7.16. The molecule has 6 nitrogen and oxygen atoms in total. The first-order valence-electron chi connectivity index (χ1n) is 23.4. The van der Waals surface area contributed by atoms with Crippen molar-refractivity contribution in [2.75, 3.05) is 13.2 Å². The van der Waals surface area contributed by atoms with Crippen LogP contribution in [0.4, 0.5) is 0 Å². The molecule has 2 unspecified atom stereocenters. The summed E-state index contributed by atoms with van der Waals surface area (Å²) in [5, 5.41) is 23.2. The van der Waals surface area contributed by atoms with Crippen LogP contribution in [0.1, 0.15) is 251 Å². The molecule has 0 bridgehead atoms. The molecule has 3 N–H and O–H groups in total. The van der Waals surface area contributed by atoms with Gasteiger partial charge in [-0.1, -0.05) is 199 Å².